The van der Waals surface area contributed by atoms with Crippen LogP contribution in [0.3, 0.4) is 0 Å². The van der Waals surface area contributed by atoms with Crippen LogP contribution in [0, 0.1) is 11.3 Å². The molecule has 2 saturated carbocycles. The molecule has 0 bridgehead atoms. The first kappa shape index (κ1) is 17.4. The van der Waals surface area contributed by atoms with Crippen LogP contribution in [0.2, 0.25) is 5.02 Å². The van der Waals surface area contributed by atoms with Crippen molar-refractivity contribution in [2.45, 2.75) is 31.3 Å². The summed E-state index contributed by atoms with van der Waals surface area (Å²) >= 11 is 6.27. The molecule has 1 aliphatic heterocycles. The number of allylic oxidation sites excluding steroid dienone is 1. The number of nitrogens with zero attached hydrogens (tertiary/aromatic N) is 1. The zero-order valence-corrected chi connectivity index (χ0v) is 15.7. The van der Waals surface area contributed by atoms with Gasteiger partial charge in [0.25, 0.3) is 0 Å². The molecule has 24 heavy (non-hydrogen) atoms. The van der Waals surface area contributed by atoms with Gasteiger partial charge in [0.1, 0.15) is 0 Å². The second kappa shape index (κ2) is 6.45. The molecule has 0 saturated heterocycles. The number of anilines is 1. The maximum atomic E-state index is 6.27. The second-order valence-corrected chi connectivity index (χ2v) is 7.70. The molecule has 3 aliphatic rings. The van der Waals surface area contributed by atoms with Crippen LogP contribution < -0.4 is 10.6 Å². The smallest absolute Gasteiger partial charge is 0.0697 e. The second-order valence-electron chi connectivity index (χ2n) is 7.30. The van der Waals surface area contributed by atoms with Crippen LogP contribution in [0.4, 0.5) is 5.69 Å². The van der Waals surface area contributed by atoms with Crippen molar-refractivity contribution < 1.29 is 0 Å². The van der Waals surface area contributed by atoms with E-state index in [2.05, 4.69) is 47.9 Å². The molecule has 0 amide bonds. The lowest BCUT2D eigenvalue weighted by Gasteiger charge is -2.42. The summed E-state index contributed by atoms with van der Waals surface area (Å²) in [6.07, 6.45) is 5.68. The van der Waals surface area contributed by atoms with Crippen LogP contribution in [0.15, 0.2) is 43.1 Å². The number of para-hydroxylation sites is 1. The fraction of sp³-hybridized carbons (Fsp3) is 0.500. The number of hydrogen-bond acceptors (Lipinski definition) is 3. The third kappa shape index (κ3) is 2.74. The van der Waals surface area contributed by atoms with Crippen LogP contribution in [-0.4, -0.2) is 38.1 Å². The Morgan fingerprint density at radius 1 is 1.42 bits per heavy atom. The number of halogens is 1. The van der Waals surface area contributed by atoms with Crippen molar-refractivity contribution in [2.75, 3.05) is 26.5 Å². The molecule has 3 nitrogen and oxygen atoms in total. The first-order valence-corrected chi connectivity index (χ1v) is 9.03. The Morgan fingerprint density at radius 3 is 2.67 bits per heavy atom. The molecular formula is C20H28ClN3. The van der Waals surface area contributed by atoms with Gasteiger partial charge in [0.05, 0.1) is 16.8 Å². The van der Waals surface area contributed by atoms with Gasteiger partial charge in [-0.1, -0.05) is 36.4 Å². The van der Waals surface area contributed by atoms with Gasteiger partial charge in [-0.15, -0.1) is 6.58 Å². The number of hydrogen-bond donors (Lipinski definition) is 2. The Kier molecular flexibility index (Phi) is 4.67. The van der Waals surface area contributed by atoms with Gasteiger partial charge in [-0.25, -0.2) is 0 Å². The maximum Gasteiger partial charge on any atom is 0.0697 e. The number of nitrogens with one attached hydrogen (secondary N) is 2. The fourth-order valence-electron chi connectivity index (χ4n) is 4.21. The van der Waals surface area contributed by atoms with E-state index in [4.69, 9.17) is 11.6 Å². The predicted octanol–water partition coefficient (Wildman–Crippen LogP) is 3.92. The van der Waals surface area contributed by atoms with Crippen molar-refractivity contribution in [3.8, 4) is 0 Å². The van der Waals surface area contributed by atoms with E-state index in [1.165, 1.54) is 24.1 Å². The number of benzene rings is 1. The zero-order valence-electron chi connectivity index (χ0n) is 14.9. The normalized spacial score (nSPS) is 31.4. The van der Waals surface area contributed by atoms with Gasteiger partial charge >= 0.3 is 0 Å². The van der Waals surface area contributed by atoms with Gasteiger partial charge in [0.15, 0.2) is 0 Å². The van der Waals surface area contributed by atoms with E-state index in [1.54, 1.807) is 0 Å². The molecule has 2 fully saturated rings. The first-order valence-electron chi connectivity index (χ1n) is 8.65. The molecule has 0 spiro atoms. The van der Waals surface area contributed by atoms with Crippen molar-refractivity contribution in [2.24, 2.45) is 11.3 Å². The summed E-state index contributed by atoms with van der Waals surface area (Å²) in [5, 5.41) is 7.10. The molecule has 1 heterocycles. The molecule has 4 atom stereocenters. The lowest BCUT2D eigenvalue weighted by Crippen LogP contribution is -2.45. The van der Waals surface area contributed by atoms with E-state index in [1.807, 2.05) is 26.2 Å². The van der Waals surface area contributed by atoms with Gasteiger partial charge < -0.3 is 15.5 Å². The van der Waals surface area contributed by atoms with E-state index < -0.39 is 0 Å². The van der Waals surface area contributed by atoms with Gasteiger partial charge in [0.2, 0.25) is 0 Å². The summed E-state index contributed by atoms with van der Waals surface area (Å²) < 4.78 is 0. The minimum Gasteiger partial charge on any atom is -0.375 e. The minimum atomic E-state index is 0.266. The Labute approximate surface area is 150 Å². The number of likely N-dealkylation sites (N-methyl/N-ethyl adjacent to an activating group) is 1. The number of rotatable bonds is 4. The van der Waals surface area contributed by atoms with E-state index in [0.29, 0.717) is 11.5 Å². The van der Waals surface area contributed by atoms with Gasteiger partial charge in [-0.2, -0.15) is 0 Å². The summed E-state index contributed by atoms with van der Waals surface area (Å²) in [5.41, 5.74) is 4.02. The topological polar surface area (TPSA) is 27.3 Å². The van der Waals surface area contributed by atoms with Crippen molar-refractivity contribution >= 4 is 17.3 Å². The predicted molar refractivity (Wildman–Crippen MR) is 104 cm³/mol. The maximum absolute atomic E-state index is 6.27. The van der Waals surface area contributed by atoms with Crippen molar-refractivity contribution in [1.82, 2.24) is 10.2 Å². The third-order valence-corrected chi connectivity index (χ3v) is 6.15. The average Bonchev–Trinajstić information content (AvgIpc) is 2.94. The average molecular weight is 346 g/mol. The SMILES string of the molecule is C=CC12CC(N(C)C(=C)C3Cc4cccc(Cl)c4N3)C1C2.CNC. The Hall–Kier alpha value is -1.45. The molecule has 0 radical (unpaired) electrons. The molecule has 4 unspecified atom stereocenters. The van der Waals surface area contributed by atoms with Crippen LogP contribution in [-0.2, 0) is 6.42 Å². The van der Waals surface area contributed by atoms with Crippen molar-refractivity contribution in [3.05, 3.63) is 53.7 Å². The Balaban J connectivity index is 0.000000526. The van der Waals surface area contributed by atoms with E-state index in [-0.39, 0.29) is 6.04 Å². The van der Waals surface area contributed by atoms with E-state index in [0.717, 1.165) is 23.0 Å². The lowest BCUT2D eigenvalue weighted by molar-refractivity contribution is 0.143. The summed E-state index contributed by atoms with van der Waals surface area (Å²) in [5.74, 6) is 0.795. The highest BCUT2D eigenvalue weighted by Crippen LogP contribution is 2.69. The Bertz CT molecular complexity index is 656. The summed E-state index contributed by atoms with van der Waals surface area (Å²) in [6.45, 7) is 8.33. The molecule has 1 aromatic carbocycles. The van der Waals surface area contributed by atoms with Crippen molar-refractivity contribution in [3.63, 3.8) is 0 Å². The third-order valence-electron chi connectivity index (χ3n) is 5.83. The highest BCUT2D eigenvalue weighted by Gasteiger charge is 2.66. The van der Waals surface area contributed by atoms with Crippen LogP contribution in [0.1, 0.15) is 18.4 Å². The highest BCUT2D eigenvalue weighted by molar-refractivity contribution is 6.33. The Morgan fingerprint density at radius 2 is 2.12 bits per heavy atom. The molecule has 0 aromatic heterocycles. The molecule has 1 aromatic rings. The van der Waals surface area contributed by atoms with Crippen LogP contribution in [0.5, 0.6) is 0 Å². The van der Waals surface area contributed by atoms with Gasteiger partial charge in [-0.3, -0.25) is 0 Å². The highest BCUT2D eigenvalue weighted by atomic mass is 35.5. The minimum absolute atomic E-state index is 0.266. The lowest BCUT2D eigenvalue weighted by atomic mass is 9.79. The summed E-state index contributed by atoms with van der Waals surface area (Å²) in [7, 11) is 5.94. The molecular weight excluding hydrogens is 318 g/mol. The zero-order chi connectivity index (χ0) is 17.5. The van der Waals surface area contributed by atoms with Gasteiger partial charge in [-0.05, 0) is 49.9 Å². The fourth-order valence-corrected chi connectivity index (χ4v) is 4.45. The first-order chi connectivity index (χ1) is 11.5. The quantitative estimate of drug-likeness (QED) is 0.810. The van der Waals surface area contributed by atoms with E-state index in [9.17, 15) is 0 Å². The largest absolute Gasteiger partial charge is 0.375 e. The molecule has 2 N–H and O–H groups in total. The number of fused-ring (bicyclic) bond motifs is 2. The van der Waals surface area contributed by atoms with Crippen molar-refractivity contribution in [1.29, 1.82) is 0 Å². The molecule has 2 aliphatic carbocycles. The van der Waals surface area contributed by atoms with E-state index >= 15 is 0 Å². The molecule has 4 heteroatoms. The molecule has 4 rings (SSSR count). The standard InChI is InChI=1S/C18H21ClN2.C2H7N/c1-4-18-9-13(18)16(10-18)21(3)11(2)15-8-12-6-5-7-14(19)17(12)20-15;1-3-2/h4-7,13,15-16,20H,1-2,8-10H2,3H3;3H,1-2H3. The van der Waals surface area contributed by atoms with Gasteiger partial charge in [0, 0.05) is 25.2 Å². The van der Waals surface area contributed by atoms with Crippen LogP contribution in [0.25, 0.3) is 0 Å². The monoisotopic (exact) mass is 345 g/mol. The molecule has 130 valence electrons. The summed E-state index contributed by atoms with van der Waals surface area (Å²) in [4.78, 5) is 2.39. The van der Waals surface area contributed by atoms with Crippen LogP contribution >= 0.6 is 11.6 Å². The summed E-state index contributed by atoms with van der Waals surface area (Å²) in [6, 6.07) is 7.01.